The van der Waals surface area contributed by atoms with Crippen LogP contribution in [-0.2, 0) is 0 Å². The molecule has 0 bridgehead atoms. The van der Waals surface area contributed by atoms with Crippen LogP contribution >= 0.6 is 11.5 Å². The molecule has 0 saturated heterocycles. The van der Waals surface area contributed by atoms with E-state index < -0.39 is 0 Å². The number of hydrogen-bond donors (Lipinski definition) is 1. The van der Waals surface area contributed by atoms with E-state index in [2.05, 4.69) is 4.37 Å². The zero-order chi connectivity index (χ0) is 8.65. The van der Waals surface area contributed by atoms with E-state index in [1.165, 1.54) is 11.5 Å². The molecule has 3 heteroatoms. The largest absolute Gasteiger partial charge is 0.399 e. The highest BCUT2D eigenvalue weighted by Crippen LogP contribution is 1.95. The fourth-order valence-electron chi connectivity index (χ4n) is 0.629. The van der Waals surface area contributed by atoms with Gasteiger partial charge in [-0.15, -0.1) is 0 Å². The standard InChI is InChI=1S/C6H7N.C3H3NS/c7-6-4-2-1-3-5-6;1-2-4-5-3-1/h1-5H,7H2;1-3H. The smallest absolute Gasteiger partial charge is 0.0406 e. The molecule has 2 N–H and O–H groups in total. The molecule has 0 spiro atoms. The number of rotatable bonds is 0. The number of anilines is 1. The third kappa shape index (κ3) is 3.73. The number of aromatic nitrogens is 1. The SMILES string of the molecule is Nc1ccccc1.c1cnsc1. The molecule has 1 heterocycles. The third-order valence-electron chi connectivity index (χ3n) is 1.15. The Bertz CT molecular complexity index is 261. The van der Waals surface area contributed by atoms with Gasteiger partial charge in [0.15, 0.2) is 0 Å². The van der Waals surface area contributed by atoms with Gasteiger partial charge in [-0.2, -0.15) is 0 Å². The van der Waals surface area contributed by atoms with Crippen molar-refractivity contribution in [3.63, 3.8) is 0 Å². The lowest BCUT2D eigenvalue weighted by Gasteiger charge is -1.83. The minimum atomic E-state index is 0.822. The molecule has 2 rings (SSSR count). The second kappa shape index (κ2) is 5.32. The van der Waals surface area contributed by atoms with Crippen molar-refractivity contribution in [2.24, 2.45) is 0 Å². The minimum absolute atomic E-state index is 0.822. The maximum Gasteiger partial charge on any atom is 0.0406 e. The summed E-state index contributed by atoms with van der Waals surface area (Å²) >= 11 is 1.46. The molecule has 0 atom stereocenters. The summed E-state index contributed by atoms with van der Waals surface area (Å²) in [6.45, 7) is 0. The van der Waals surface area contributed by atoms with E-state index in [1.807, 2.05) is 41.8 Å². The summed E-state index contributed by atoms with van der Waals surface area (Å²) in [5, 5.41) is 1.93. The van der Waals surface area contributed by atoms with Gasteiger partial charge in [0.25, 0.3) is 0 Å². The number of nitrogen functional groups attached to an aromatic ring is 1. The zero-order valence-electron chi connectivity index (χ0n) is 6.55. The van der Waals surface area contributed by atoms with Gasteiger partial charge in [-0.25, -0.2) is 4.37 Å². The average molecular weight is 178 g/mol. The normalized spacial score (nSPS) is 8.33. The first-order valence-corrected chi connectivity index (χ1v) is 4.38. The van der Waals surface area contributed by atoms with Gasteiger partial charge < -0.3 is 5.73 Å². The van der Waals surface area contributed by atoms with Crippen molar-refractivity contribution in [3.8, 4) is 0 Å². The summed E-state index contributed by atoms with van der Waals surface area (Å²) in [5.74, 6) is 0. The fourth-order valence-corrected chi connectivity index (χ4v) is 0.980. The lowest BCUT2D eigenvalue weighted by Crippen LogP contribution is -1.79. The van der Waals surface area contributed by atoms with E-state index in [0.717, 1.165) is 5.69 Å². The summed E-state index contributed by atoms with van der Waals surface area (Å²) in [5.41, 5.74) is 6.18. The molecule has 1 aromatic carbocycles. The van der Waals surface area contributed by atoms with Gasteiger partial charge in [-0.3, -0.25) is 0 Å². The van der Waals surface area contributed by atoms with Crippen LogP contribution in [0.2, 0.25) is 0 Å². The van der Waals surface area contributed by atoms with Crippen molar-refractivity contribution in [2.75, 3.05) is 5.73 Å². The molecule has 0 fully saturated rings. The molecule has 0 unspecified atom stereocenters. The molecule has 2 aromatic rings. The Hall–Kier alpha value is -1.35. The van der Waals surface area contributed by atoms with Crippen molar-refractivity contribution in [1.82, 2.24) is 4.37 Å². The van der Waals surface area contributed by atoms with Crippen LogP contribution in [0.15, 0.2) is 48.0 Å². The first-order chi connectivity index (χ1) is 5.89. The number of nitrogens with two attached hydrogens (primary N) is 1. The van der Waals surface area contributed by atoms with Crippen LogP contribution in [0.25, 0.3) is 0 Å². The van der Waals surface area contributed by atoms with Crippen molar-refractivity contribution < 1.29 is 0 Å². The summed E-state index contributed by atoms with van der Waals surface area (Å²) in [6, 6.07) is 11.4. The van der Waals surface area contributed by atoms with Crippen LogP contribution in [-0.4, -0.2) is 4.37 Å². The molecule has 1 aromatic heterocycles. The highest BCUT2D eigenvalue weighted by atomic mass is 32.1. The zero-order valence-corrected chi connectivity index (χ0v) is 7.37. The van der Waals surface area contributed by atoms with Crippen LogP contribution in [0.4, 0.5) is 5.69 Å². The minimum Gasteiger partial charge on any atom is -0.399 e. The number of nitrogens with zero attached hydrogens (tertiary/aromatic N) is 1. The van der Waals surface area contributed by atoms with Crippen LogP contribution in [0.1, 0.15) is 0 Å². The van der Waals surface area contributed by atoms with Crippen molar-refractivity contribution in [1.29, 1.82) is 0 Å². The average Bonchev–Trinajstić information content (AvgIpc) is 2.62. The van der Waals surface area contributed by atoms with Gasteiger partial charge in [0, 0.05) is 17.3 Å². The van der Waals surface area contributed by atoms with E-state index in [9.17, 15) is 0 Å². The van der Waals surface area contributed by atoms with E-state index in [4.69, 9.17) is 5.73 Å². The topological polar surface area (TPSA) is 38.9 Å². The van der Waals surface area contributed by atoms with Gasteiger partial charge in [-0.1, -0.05) is 18.2 Å². The Morgan fingerprint density at radius 3 is 2.08 bits per heavy atom. The van der Waals surface area contributed by atoms with Gasteiger partial charge in [0.2, 0.25) is 0 Å². The van der Waals surface area contributed by atoms with Crippen LogP contribution in [0, 0.1) is 0 Å². The highest BCUT2D eigenvalue weighted by molar-refractivity contribution is 7.03. The monoisotopic (exact) mass is 178 g/mol. The second-order valence-electron chi connectivity index (χ2n) is 2.10. The van der Waals surface area contributed by atoms with Gasteiger partial charge in [0.1, 0.15) is 0 Å². The first-order valence-electron chi connectivity index (χ1n) is 3.54. The lowest BCUT2D eigenvalue weighted by molar-refractivity contribution is 1.58. The van der Waals surface area contributed by atoms with E-state index in [0.29, 0.717) is 0 Å². The summed E-state index contributed by atoms with van der Waals surface area (Å²) < 4.78 is 3.76. The molecule has 0 aliphatic carbocycles. The molecule has 2 nitrogen and oxygen atoms in total. The highest BCUT2D eigenvalue weighted by Gasteiger charge is 1.72. The summed E-state index contributed by atoms with van der Waals surface area (Å²) in [7, 11) is 0. The van der Waals surface area contributed by atoms with Gasteiger partial charge in [-0.05, 0) is 29.7 Å². The molecular weight excluding hydrogens is 168 g/mol. The summed E-state index contributed by atoms with van der Waals surface area (Å²) in [4.78, 5) is 0. The van der Waals surface area contributed by atoms with Gasteiger partial charge in [0.05, 0.1) is 0 Å². The maximum atomic E-state index is 5.36. The predicted molar refractivity (Wildman–Crippen MR) is 53.0 cm³/mol. The quantitative estimate of drug-likeness (QED) is 0.629. The van der Waals surface area contributed by atoms with E-state index >= 15 is 0 Å². The number of para-hydroxylation sites is 1. The van der Waals surface area contributed by atoms with Crippen LogP contribution < -0.4 is 5.73 Å². The van der Waals surface area contributed by atoms with Crippen molar-refractivity contribution in [3.05, 3.63) is 48.0 Å². The first kappa shape index (κ1) is 8.74. The Kier molecular flexibility index (Phi) is 3.88. The molecule has 0 radical (unpaired) electrons. The van der Waals surface area contributed by atoms with E-state index in [-0.39, 0.29) is 0 Å². The Morgan fingerprint density at radius 1 is 1.08 bits per heavy atom. The number of hydrogen-bond acceptors (Lipinski definition) is 3. The molecule has 0 amide bonds. The second-order valence-corrected chi connectivity index (χ2v) is 2.79. The third-order valence-corrected chi connectivity index (χ3v) is 1.67. The van der Waals surface area contributed by atoms with Crippen molar-refractivity contribution in [2.45, 2.75) is 0 Å². The fraction of sp³-hybridized carbons (Fsp3) is 0. The molecule has 12 heavy (non-hydrogen) atoms. The Balaban J connectivity index is 0.000000127. The Morgan fingerprint density at radius 2 is 1.83 bits per heavy atom. The van der Waals surface area contributed by atoms with Crippen LogP contribution in [0.5, 0.6) is 0 Å². The number of benzene rings is 1. The van der Waals surface area contributed by atoms with Crippen LogP contribution in [0.3, 0.4) is 0 Å². The van der Waals surface area contributed by atoms with Gasteiger partial charge >= 0.3 is 0 Å². The molecule has 0 saturated carbocycles. The maximum absolute atomic E-state index is 5.36. The lowest BCUT2D eigenvalue weighted by atomic mass is 10.3. The molecular formula is C9H10N2S. The predicted octanol–water partition coefficient (Wildman–Crippen LogP) is 2.41. The van der Waals surface area contributed by atoms with Crippen molar-refractivity contribution >= 4 is 17.2 Å². The molecule has 62 valence electrons. The Labute approximate surface area is 75.8 Å². The van der Waals surface area contributed by atoms with E-state index in [1.54, 1.807) is 6.20 Å². The summed E-state index contributed by atoms with van der Waals surface area (Å²) in [6.07, 6.45) is 1.77. The molecule has 0 aliphatic heterocycles. The molecule has 0 aliphatic rings.